The topological polar surface area (TPSA) is 92.1 Å². The highest BCUT2D eigenvalue weighted by Crippen LogP contribution is 2.21. The van der Waals surface area contributed by atoms with Crippen molar-refractivity contribution in [2.24, 2.45) is 0 Å². The molecule has 4 rings (SSSR count). The zero-order valence-corrected chi connectivity index (χ0v) is 18.0. The van der Waals surface area contributed by atoms with E-state index in [1.807, 2.05) is 42.2 Å². The highest BCUT2D eigenvalue weighted by molar-refractivity contribution is 5.89. The lowest BCUT2D eigenvalue weighted by molar-refractivity contribution is 0.175. The fourth-order valence-corrected chi connectivity index (χ4v) is 4.16. The number of nitrogens with zero attached hydrogens (tertiary/aromatic N) is 7. The molecule has 9 heteroatoms. The highest BCUT2D eigenvalue weighted by Gasteiger charge is 2.27. The summed E-state index contributed by atoms with van der Waals surface area (Å²) in [5.74, 6) is 0. The summed E-state index contributed by atoms with van der Waals surface area (Å²) in [5.41, 5.74) is 3.66. The molecule has 3 aromatic rings. The van der Waals surface area contributed by atoms with Crippen LogP contribution in [0.5, 0.6) is 0 Å². The molecule has 3 heterocycles. The van der Waals surface area contributed by atoms with Gasteiger partial charge in [0, 0.05) is 37.2 Å². The van der Waals surface area contributed by atoms with Gasteiger partial charge >= 0.3 is 6.03 Å². The van der Waals surface area contributed by atoms with Crippen LogP contribution in [0.4, 0.5) is 10.5 Å². The van der Waals surface area contributed by atoms with Gasteiger partial charge in [-0.15, -0.1) is 5.10 Å². The monoisotopic (exact) mass is 420 g/mol. The Labute approximate surface area is 182 Å². The lowest BCUT2D eigenvalue weighted by Crippen LogP contribution is -2.44. The Kier molecular flexibility index (Phi) is 6.51. The van der Waals surface area contributed by atoms with E-state index >= 15 is 0 Å². The predicted molar refractivity (Wildman–Crippen MR) is 118 cm³/mol. The van der Waals surface area contributed by atoms with Gasteiger partial charge in [0.05, 0.1) is 5.69 Å². The number of rotatable bonds is 7. The largest absolute Gasteiger partial charge is 0.322 e. The van der Waals surface area contributed by atoms with Crippen LogP contribution in [0.2, 0.25) is 0 Å². The van der Waals surface area contributed by atoms with Gasteiger partial charge in [-0.05, 0) is 84.7 Å². The summed E-state index contributed by atoms with van der Waals surface area (Å²) in [6.45, 7) is 7.50. The maximum atomic E-state index is 13.3. The third-order valence-corrected chi connectivity index (χ3v) is 5.79. The van der Waals surface area contributed by atoms with Gasteiger partial charge in [-0.25, -0.2) is 9.48 Å². The second kappa shape index (κ2) is 9.65. The minimum atomic E-state index is -0.102. The fraction of sp³-hybridized carbons (Fsp3) is 0.409. The van der Waals surface area contributed by atoms with Crippen LogP contribution in [0, 0.1) is 6.92 Å². The Morgan fingerprint density at radius 2 is 2.10 bits per heavy atom. The van der Waals surface area contributed by atoms with Gasteiger partial charge in [0.2, 0.25) is 0 Å². The first-order valence-corrected chi connectivity index (χ1v) is 10.7. The van der Waals surface area contributed by atoms with Crippen LogP contribution in [0.25, 0.3) is 5.69 Å². The number of urea groups is 1. The van der Waals surface area contributed by atoms with E-state index in [1.165, 1.54) is 6.42 Å². The molecule has 1 saturated heterocycles. The second-order valence-corrected chi connectivity index (χ2v) is 7.85. The Hall–Kier alpha value is -3.33. The highest BCUT2D eigenvalue weighted by atomic mass is 16.2. The number of amides is 2. The Bertz CT molecular complexity index is 992. The van der Waals surface area contributed by atoms with E-state index in [-0.39, 0.29) is 6.03 Å². The Morgan fingerprint density at radius 3 is 2.81 bits per heavy atom. The Morgan fingerprint density at radius 1 is 1.26 bits per heavy atom. The van der Waals surface area contributed by atoms with E-state index in [1.54, 1.807) is 23.4 Å². The number of likely N-dealkylation sites (tertiary alicyclic amines) is 1. The predicted octanol–water partition coefficient (Wildman–Crippen LogP) is 2.88. The van der Waals surface area contributed by atoms with Gasteiger partial charge in [0.1, 0.15) is 6.33 Å². The summed E-state index contributed by atoms with van der Waals surface area (Å²) < 4.78 is 1.61. The molecule has 2 amide bonds. The van der Waals surface area contributed by atoms with Crippen LogP contribution in [0.15, 0.2) is 49.1 Å². The molecule has 1 aliphatic rings. The molecule has 1 aliphatic heterocycles. The van der Waals surface area contributed by atoms with Gasteiger partial charge < -0.3 is 10.2 Å². The summed E-state index contributed by atoms with van der Waals surface area (Å²) in [5, 5.41) is 14.4. The number of likely N-dealkylation sites (N-methyl/N-ethyl adjacent to an activating group) is 1. The van der Waals surface area contributed by atoms with Crippen molar-refractivity contribution in [3.63, 3.8) is 0 Å². The van der Waals surface area contributed by atoms with Gasteiger partial charge in [-0.3, -0.25) is 9.88 Å². The van der Waals surface area contributed by atoms with E-state index in [4.69, 9.17) is 0 Å². The number of carbonyl (C=O) groups is 1. The molecular weight excluding hydrogens is 392 g/mol. The average Bonchev–Trinajstić information content (AvgIpc) is 3.46. The second-order valence-electron chi connectivity index (χ2n) is 7.85. The number of aryl methyl sites for hydroxylation is 1. The summed E-state index contributed by atoms with van der Waals surface area (Å²) in [6.07, 6.45) is 7.38. The molecule has 0 saturated carbocycles. The molecule has 162 valence electrons. The van der Waals surface area contributed by atoms with E-state index < -0.39 is 0 Å². The lowest BCUT2D eigenvalue weighted by Gasteiger charge is -2.30. The first kappa shape index (κ1) is 20.9. The molecule has 1 atom stereocenters. The fourth-order valence-electron chi connectivity index (χ4n) is 4.16. The maximum absolute atomic E-state index is 13.3. The first-order valence-electron chi connectivity index (χ1n) is 10.7. The number of anilines is 1. The third-order valence-electron chi connectivity index (χ3n) is 5.79. The van der Waals surface area contributed by atoms with Crippen molar-refractivity contribution in [3.05, 3.63) is 60.2 Å². The summed E-state index contributed by atoms with van der Waals surface area (Å²) in [6, 6.07) is 9.92. The zero-order chi connectivity index (χ0) is 21.6. The summed E-state index contributed by atoms with van der Waals surface area (Å²) in [4.78, 5) is 21.7. The number of carbonyl (C=O) groups excluding carboxylic acids is 1. The number of tetrazole rings is 1. The van der Waals surface area contributed by atoms with Crippen molar-refractivity contribution >= 4 is 11.7 Å². The number of hydrogen-bond acceptors (Lipinski definition) is 6. The minimum absolute atomic E-state index is 0.102. The zero-order valence-electron chi connectivity index (χ0n) is 18.0. The van der Waals surface area contributed by atoms with Crippen LogP contribution in [0.3, 0.4) is 0 Å². The van der Waals surface area contributed by atoms with E-state index in [2.05, 4.69) is 37.6 Å². The molecule has 31 heavy (non-hydrogen) atoms. The van der Waals surface area contributed by atoms with Gasteiger partial charge in [0.25, 0.3) is 0 Å². The number of aromatic nitrogens is 5. The molecule has 0 bridgehead atoms. The van der Waals surface area contributed by atoms with Crippen molar-refractivity contribution in [3.8, 4) is 5.69 Å². The third kappa shape index (κ3) is 5.05. The molecule has 0 spiro atoms. The van der Waals surface area contributed by atoms with Gasteiger partial charge in [-0.2, -0.15) is 0 Å². The van der Waals surface area contributed by atoms with Gasteiger partial charge in [0.15, 0.2) is 0 Å². The smallest absolute Gasteiger partial charge is 0.319 e. The minimum Gasteiger partial charge on any atom is -0.319 e. The molecule has 1 N–H and O–H groups in total. The molecule has 0 radical (unpaired) electrons. The lowest BCUT2D eigenvalue weighted by atomic mass is 10.1. The standard InChI is InChI=1S/C22H28N8O/c1-3-28-12-4-5-20(28)15-29(14-18-8-10-23-11-9-18)22(31)25-19-6-7-21(17(2)13-19)30-16-24-26-27-30/h6-11,13,16,20H,3-5,12,14-15H2,1-2H3,(H,25,31). The van der Waals surface area contributed by atoms with Crippen LogP contribution < -0.4 is 5.32 Å². The van der Waals surface area contributed by atoms with Crippen LogP contribution in [-0.4, -0.2) is 66.7 Å². The van der Waals surface area contributed by atoms with Gasteiger partial charge in [-0.1, -0.05) is 6.92 Å². The van der Waals surface area contributed by atoms with Crippen molar-refractivity contribution in [2.45, 2.75) is 39.3 Å². The Balaban J connectivity index is 1.50. The number of hydrogen-bond donors (Lipinski definition) is 1. The SMILES string of the molecule is CCN1CCCC1CN(Cc1ccncc1)C(=O)Nc1ccc(-n2cnnn2)c(C)c1. The number of nitrogens with one attached hydrogen (secondary N) is 1. The number of benzene rings is 1. The first-order chi connectivity index (χ1) is 15.1. The van der Waals surface area contributed by atoms with Crippen LogP contribution >= 0.6 is 0 Å². The molecule has 0 aliphatic carbocycles. The van der Waals surface area contributed by atoms with Crippen molar-refractivity contribution in [2.75, 3.05) is 25.0 Å². The molecular formula is C22H28N8O. The average molecular weight is 421 g/mol. The molecule has 1 fully saturated rings. The van der Waals surface area contributed by atoms with E-state index in [0.717, 1.165) is 42.0 Å². The summed E-state index contributed by atoms with van der Waals surface area (Å²) in [7, 11) is 0. The van der Waals surface area contributed by atoms with E-state index in [0.29, 0.717) is 19.1 Å². The van der Waals surface area contributed by atoms with E-state index in [9.17, 15) is 4.79 Å². The van der Waals surface area contributed by atoms with Crippen molar-refractivity contribution in [1.82, 2.24) is 35.0 Å². The van der Waals surface area contributed by atoms with Crippen molar-refractivity contribution in [1.29, 1.82) is 0 Å². The molecule has 1 aromatic carbocycles. The van der Waals surface area contributed by atoms with Crippen LogP contribution in [0.1, 0.15) is 30.9 Å². The van der Waals surface area contributed by atoms with Crippen molar-refractivity contribution < 1.29 is 4.79 Å². The maximum Gasteiger partial charge on any atom is 0.322 e. The summed E-state index contributed by atoms with van der Waals surface area (Å²) >= 11 is 0. The molecule has 9 nitrogen and oxygen atoms in total. The molecule has 1 unspecified atom stereocenters. The quantitative estimate of drug-likeness (QED) is 0.632. The molecule has 2 aromatic heterocycles. The number of pyridine rings is 1. The van der Waals surface area contributed by atoms with Crippen LogP contribution in [-0.2, 0) is 6.54 Å². The normalized spacial score (nSPS) is 16.4.